The highest BCUT2D eigenvalue weighted by atomic mass is 19.1. The lowest BCUT2D eigenvalue weighted by molar-refractivity contribution is -0.606. The lowest BCUT2D eigenvalue weighted by Gasteiger charge is -2.19. The van der Waals surface area contributed by atoms with E-state index in [2.05, 4.69) is 4.98 Å². The summed E-state index contributed by atoms with van der Waals surface area (Å²) in [5.74, 6) is -0.329. The van der Waals surface area contributed by atoms with E-state index in [4.69, 9.17) is 0 Å². The summed E-state index contributed by atoms with van der Waals surface area (Å²) in [6, 6.07) is 9.02. The van der Waals surface area contributed by atoms with Crippen LogP contribution in [0.1, 0.15) is 24.1 Å². The van der Waals surface area contributed by atoms with Gasteiger partial charge in [-0.05, 0) is 36.4 Å². The van der Waals surface area contributed by atoms with Crippen LogP contribution in [0, 0.1) is 11.2 Å². The van der Waals surface area contributed by atoms with Gasteiger partial charge in [0.1, 0.15) is 5.69 Å². The summed E-state index contributed by atoms with van der Waals surface area (Å²) in [5.41, 5.74) is 1.70. The van der Waals surface area contributed by atoms with Crippen molar-refractivity contribution in [2.45, 2.75) is 25.7 Å². The van der Waals surface area contributed by atoms with Gasteiger partial charge in [-0.3, -0.25) is 0 Å². The monoisotopic (exact) mass is 244 g/mol. The lowest BCUT2D eigenvalue weighted by atomic mass is 9.97. The highest BCUT2D eigenvalue weighted by molar-refractivity contribution is 5.51. The van der Waals surface area contributed by atoms with Crippen LogP contribution in [0.25, 0.3) is 11.4 Å². The van der Waals surface area contributed by atoms with Gasteiger partial charge in [-0.15, -0.1) is 0 Å². The van der Waals surface area contributed by atoms with E-state index in [-0.39, 0.29) is 5.82 Å². The minimum Gasteiger partial charge on any atom is -0.710 e. The van der Waals surface area contributed by atoms with Crippen LogP contribution in [0.3, 0.4) is 0 Å². The molecule has 0 spiro atoms. The molecule has 0 unspecified atom stereocenters. The third-order valence-corrected chi connectivity index (χ3v) is 3.36. The number of halogens is 1. The van der Waals surface area contributed by atoms with Crippen molar-refractivity contribution in [1.82, 2.24) is 4.98 Å². The third kappa shape index (κ3) is 1.74. The summed E-state index contributed by atoms with van der Waals surface area (Å²) >= 11 is 0. The Morgan fingerprint density at radius 3 is 2.61 bits per heavy atom. The number of benzene rings is 1. The average molecular weight is 244 g/mol. The number of aromatic nitrogens is 2. The van der Waals surface area contributed by atoms with Crippen LogP contribution in [-0.2, 0) is 12.8 Å². The van der Waals surface area contributed by atoms with Gasteiger partial charge in [-0.2, -0.15) is 4.39 Å². The zero-order chi connectivity index (χ0) is 12.5. The smallest absolute Gasteiger partial charge is 0.337 e. The summed E-state index contributed by atoms with van der Waals surface area (Å²) in [6.45, 7) is 0. The van der Waals surface area contributed by atoms with Gasteiger partial charge in [0.15, 0.2) is 0 Å². The molecule has 1 aromatic heterocycles. The van der Waals surface area contributed by atoms with Crippen LogP contribution in [-0.4, -0.2) is 4.98 Å². The Morgan fingerprint density at radius 1 is 1.11 bits per heavy atom. The highest BCUT2D eigenvalue weighted by Crippen LogP contribution is 2.23. The second kappa shape index (κ2) is 4.37. The molecule has 92 valence electrons. The molecule has 4 heteroatoms. The Kier molecular flexibility index (Phi) is 2.70. The van der Waals surface area contributed by atoms with Crippen LogP contribution in [0.5, 0.6) is 0 Å². The van der Waals surface area contributed by atoms with E-state index < -0.39 is 5.95 Å². The van der Waals surface area contributed by atoms with E-state index in [1.165, 1.54) is 0 Å². The molecule has 0 N–H and O–H groups in total. The van der Waals surface area contributed by atoms with E-state index in [0.29, 0.717) is 29.7 Å². The number of rotatable bonds is 1. The molecule has 1 aliphatic carbocycles. The van der Waals surface area contributed by atoms with Gasteiger partial charge in [0.2, 0.25) is 0 Å². The Balaban J connectivity index is 2.20. The van der Waals surface area contributed by atoms with Crippen molar-refractivity contribution in [2.24, 2.45) is 0 Å². The van der Waals surface area contributed by atoms with Gasteiger partial charge in [0, 0.05) is 6.42 Å². The molecule has 0 amide bonds. The van der Waals surface area contributed by atoms with Gasteiger partial charge in [-0.25, -0.2) is 4.73 Å². The van der Waals surface area contributed by atoms with Crippen molar-refractivity contribution in [1.29, 1.82) is 0 Å². The minimum atomic E-state index is -0.490. The number of fused-ring (bicyclic) bond motifs is 1. The Labute approximate surface area is 105 Å². The fourth-order valence-corrected chi connectivity index (χ4v) is 2.44. The molecule has 0 bridgehead atoms. The third-order valence-electron chi connectivity index (χ3n) is 3.36. The maximum Gasteiger partial charge on any atom is 0.337 e. The molecule has 0 saturated carbocycles. The molecule has 1 heterocycles. The van der Waals surface area contributed by atoms with Crippen molar-refractivity contribution in [2.75, 3.05) is 0 Å². The molecular formula is C14H13FN2O. The Bertz CT molecular complexity index is 584. The van der Waals surface area contributed by atoms with E-state index in [1.807, 2.05) is 18.2 Å². The zero-order valence-electron chi connectivity index (χ0n) is 9.90. The highest BCUT2D eigenvalue weighted by Gasteiger charge is 2.26. The minimum absolute atomic E-state index is 0.161. The van der Waals surface area contributed by atoms with Crippen LogP contribution in [0.2, 0.25) is 0 Å². The maximum absolute atomic E-state index is 13.9. The normalized spacial score (nSPS) is 14.3. The van der Waals surface area contributed by atoms with Gasteiger partial charge in [0.25, 0.3) is 0 Å². The largest absolute Gasteiger partial charge is 0.710 e. The summed E-state index contributed by atoms with van der Waals surface area (Å²) in [5, 5.41) is 12.3. The molecule has 0 aliphatic heterocycles. The van der Waals surface area contributed by atoms with Crippen molar-refractivity contribution < 1.29 is 9.12 Å². The van der Waals surface area contributed by atoms with Gasteiger partial charge in [-0.1, -0.05) is 18.2 Å². The van der Waals surface area contributed by atoms with Gasteiger partial charge >= 0.3 is 11.8 Å². The van der Waals surface area contributed by atoms with E-state index >= 15 is 0 Å². The predicted octanol–water partition coefficient (Wildman–Crippen LogP) is 2.40. The molecule has 3 rings (SSSR count). The molecular weight excluding hydrogens is 231 g/mol. The topological polar surface area (TPSA) is 39.8 Å². The molecule has 0 fully saturated rings. The molecule has 0 saturated heterocycles. The summed E-state index contributed by atoms with van der Waals surface area (Å²) in [4.78, 5) is 3.84. The van der Waals surface area contributed by atoms with Crippen molar-refractivity contribution in [3.8, 4) is 11.4 Å². The molecule has 0 atom stereocenters. The first-order valence-electron chi connectivity index (χ1n) is 6.13. The van der Waals surface area contributed by atoms with Gasteiger partial charge < -0.3 is 5.21 Å². The Morgan fingerprint density at radius 2 is 1.83 bits per heavy atom. The molecule has 1 aliphatic rings. The fourth-order valence-electron chi connectivity index (χ4n) is 2.44. The van der Waals surface area contributed by atoms with Gasteiger partial charge in [0.05, 0.1) is 11.1 Å². The first kappa shape index (κ1) is 11.1. The van der Waals surface area contributed by atoms with E-state index in [0.717, 1.165) is 17.6 Å². The standard InChI is InChI=1S/C14H13FN2O/c15-13-11-8-4-5-9-12(11)17(18)14(16-13)10-6-2-1-3-7-10/h1-3,6-7H,4-5,8-9H2. The second-order valence-electron chi connectivity index (χ2n) is 4.52. The van der Waals surface area contributed by atoms with Crippen molar-refractivity contribution in [3.05, 3.63) is 52.7 Å². The first-order valence-corrected chi connectivity index (χ1v) is 6.13. The van der Waals surface area contributed by atoms with E-state index in [9.17, 15) is 9.60 Å². The lowest BCUT2D eigenvalue weighted by Crippen LogP contribution is -2.39. The zero-order valence-corrected chi connectivity index (χ0v) is 9.90. The number of hydrogen-bond acceptors (Lipinski definition) is 2. The average Bonchev–Trinajstić information content (AvgIpc) is 2.44. The summed E-state index contributed by atoms with van der Waals surface area (Å²) in [6.07, 6.45) is 3.12. The van der Waals surface area contributed by atoms with Crippen molar-refractivity contribution >= 4 is 0 Å². The Hall–Kier alpha value is -1.97. The second-order valence-corrected chi connectivity index (χ2v) is 4.52. The number of nitrogens with zero attached hydrogens (tertiary/aromatic N) is 2. The predicted molar refractivity (Wildman–Crippen MR) is 65.2 cm³/mol. The molecule has 3 nitrogen and oxygen atoms in total. The van der Waals surface area contributed by atoms with E-state index in [1.54, 1.807) is 12.1 Å². The van der Waals surface area contributed by atoms with Crippen LogP contribution in [0.4, 0.5) is 4.39 Å². The quantitative estimate of drug-likeness (QED) is 0.439. The first-order chi connectivity index (χ1) is 8.77. The maximum atomic E-state index is 13.9. The molecule has 1 aromatic carbocycles. The fraction of sp³-hybridized carbons (Fsp3) is 0.286. The van der Waals surface area contributed by atoms with Crippen LogP contribution in [0.15, 0.2) is 30.3 Å². The summed E-state index contributed by atoms with van der Waals surface area (Å²) in [7, 11) is 0. The molecule has 2 aromatic rings. The SMILES string of the molecule is [O-][n+]1c(-c2ccccc2)nc(F)c2c1CCCC2. The van der Waals surface area contributed by atoms with Crippen molar-refractivity contribution in [3.63, 3.8) is 0 Å². The molecule has 0 radical (unpaired) electrons. The molecule has 18 heavy (non-hydrogen) atoms. The summed E-state index contributed by atoms with van der Waals surface area (Å²) < 4.78 is 14.7. The van der Waals surface area contributed by atoms with Crippen LogP contribution < -0.4 is 4.73 Å². The van der Waals surface area contributed by atoms with Crippen LogP contribution >= 0.6 is 0 Å². The number of hydrogen-bond donors (Lipinski definition) is 0.